The first-order valence-electron chi connectivity index (χ1n) is 18.1. The summed E-state index contributed by atoms with van der Waals surface area (Å²) in [6.07, 6.45) is 19.6. The molecule has 0 amide bonds. The smallest absolute Gasteiger partial charge is 0.469 e. The number of nitrogens with zero attached hydrogens (tertiary/aromatic N) is 8. The summed E-state index contributed by atoms with van der Waals surface area (Å²) in [7, 11) is -0.182. The van der Waals surface area contributed by atoms with E-state index in [1.807, 2.05) is 39.3 Å². The second-order valence-corrected chi connectivity index (χ2v) is 14.9. The van der Waals surface area contributed by atoms with Gasteiger partial charge in [-0.05, 0) is 91.8 Å². The van der Waals surface area contributed by atoms with Crippen LogP contribution >= 0.6 is 15.9 Å². The van der Waals surface area contributed by atoms with E-state index in [-0.39, 0.29) is 26.7 Å². The van der Waals surface area contributed by atoms with Gasteiger partial charge in [0.05, 0.1) is 54.6 Å². The third-order valence-corrected chi connectivity index (χ3v) is 10.5. The molecule has 0 bridgehead atoms. The number of aryl methyl sites for hydroxylation is 4. The van der Waals surface area contributed by atoms with E-state index in [9.17, 15) is 0 Å². The predicted molar refractivity (Wildman–Crippen MR) is 216 cm³/mol. The Balaban J connectivity index is 0.000000142. The Labute approximate surface area is 330 Å². The van der Waals surface area contributed by atoms with Crippen molar-refractivity contribution in [2.75, 3.05) is 26.4 Å². The fraction of sp³-hybridized carbons (Fsp3) is 0.421. The molecule has 0 unspecified atom stereocenters. The van der Waals surface area contributed by atoms with E-state index in [4.69, 9.17) is 27.6 Å². The number of fused-ring (bicyclic) bond motifs is 2. The molecule has 6 aromatic rings. The topological polar surface area (TPSA) is 149 Å². The Morgan fingerprint density at radius 1 is 0.727 bits per heavy atom. The van der Waals surface area contributed by atoms with Crippen LogP contribution in [0.25, 0.3) is 16.9 Å². The highest BCUT2D eigenvalue weighted by Gasteiger charge is 2.52. The van der Waals surface area contributed by atoms with Crippen molar-refractivity contribution in [3.05, 3.63) is 113 Å². The van der Waals surface area contributed by atoms with Gasteiger partial charge in [0.1, 0.15) is 35.8 Å². The first-order chi connectivity index (χ1) is 26.2. The molecule has 0 saturated carbocycles. The van der Waals surface area contributed by atoms with Crippen molar-refractivity contribution in [3.8, 4) is 0 Å². The lowest BCUT2D eigenvalue weighted by atomic mass is 9.75. The van der Waals surface area contributed by atoms with Crippen LogP contribution in [-0.4, -0.2) is 92.3 Å². The van der Waals surface area contributed by atoms with Crippen LogP contribution in [0.4, 0.5) is 0 Å². The molecule has 9 heterocycles. The van der Waals surface area contributed by atoms with Crippen LogP contribution in [0, 0.1) is 0 Å². The molecule has 0 N–H and O–H groups in total. The summed E-state index contributed by atoms with van der Waals surface area (Å²) in [6, 6.07) is 7.73. The highest BCUT2D eigenvalue weighted by molar-refractivity contribution is 9.10. The van der Waals surface area contributed by atoms with E-state index >= 15 is 0 Å². The molecule has 6 aromatic heterocycles. The van der Waals surface area contributed by atoms with Crippen LogP contribution in [0.2, 0.25) is 0 Å². The number of furan rings is 2. The maximum absolute atomic E-state index is 5.96. The summed E-state index contributed by atoms with van der Waals surface area (Å²) in [6.45, 7) is 11.1. The van der Waals surface area contributed by atoms with Gasteiger partial charge >= 0.3 is 7.12 Å². The highest BCUT2D eigenvalue weighted by Crippen LogP contribution is 2.39. The monoisotopic (exact) mass is 813 g/mol. The summed E-state index contributed by atoms with van der Waals surface area (Å²) in [4.78, 5) is 8.99. The third-order valence-electron chi connectivity index (χ3n) is 9.99. The van der Waals surface area contributed by atoms with Crippen LogP contribution in [0.5, 0.6) is 0 Å². The van der Waals surface area contributed by atoms with Gasteiger partial charge in [0.2, 0.25) is 0 Å². The van der Waals surface area contributed by atoms with Crippen molar-refractivity contribution >= 4 is 48.3 Å². The molecule has 1 fully saturated rings. The average molecular weight is 814 g/mol. The highest BCUT2D eigenvalue weighted by atomic mass is 79.9. The zero-order valence-electron chi connectivity index (χ0n) is 31.0. The lowest BCUT2D eigenvalue weighted by Crippen LogP contribution is -2.41. The van der Waals surface area contributed by atoms with Gasteiger partial charge in [0, 0.05) is 43.6 Å². The Kier molecular flexibility index (Phi) is 13.2. The van der Waals surface area contributed by atoms with Gasteiger partial charge in [-0.2, -0.15) is 0 Å². The standard InChI is InChI=1S/C16H16N4O2.C11H19BO3.C11H9BrN4O.BH4/c1-2-13(22-7-1)3-4-15-17-10-14(12-5-8-21-9-6-12)16-19-18-11-20(15)16;1-10(2)11(3,4)15-12(14-10)9-5-7-13-8-6-9;12-9-6-13-10(16-7-14-15-11(9)16)4-3-8-2-1-5-17-8;/h1-2,5,7,10-11H,3-4,6,8-9H2;5H,6-8H2,1-4H3;1-2,5-7H,3-4H2;1H4/q;;;-1. The number of hydrogen-bond acceptors (Lipinski definition) is 12. The summed E-state index contributed by atoms with van der Waals surface area (Å²) < 4.78 is 37.9. The number of aromatic nitrogens is 8. The molecule has 290 valence electrons. The van der Waals surface area contributed by atoms with Gasteiger partial charge in [-0.3, -0.25) is 8.80 Å². The van der Waals surface area contributed by atoms with Gasteiger partial charge in [-0.1, -0.05) is 20.6 Å². The molecular formula is C38H48B2BrN8O6-. The van der Waals surface area contributed by atoms with Gasteiger partial charge in [-0.15, -0.1) is 20.4 Å². The zero-order chi connectivity index (χ0) is 37.5. The first-order valence-corrected chi connectivity index (χ1v) is 18.9. The second-order valence-electron chi connectivity index (χ2n) is 14.1. The molecule has 3 aliphatic heterocycles. The normalized spacial score (nSPS) is 17.4. The Morgan fingerprint density at radius 2 is 1.29 bits per heavy atom. The van der Waals surface area contributed by atoms with E-state index in [1.54, 1.807) is 31.4 Å². The van der Waals surface area contributed by atoms with E-state index < -0.39 is 0 Å². The van der Waals surface area contributed by atoms with E-state index in [0.717, 1.165) is 96.2 Å². The van der Waals surface area contributed by atoms with Gasteiger partial charge < -0.3 is 27.6 Å². The molecule has 1 saturated heterocycles. The molecule has 55 heavy (non-hydrogen) atoms. The van der Waals surface area contributed by atoms with Crippen LogP contribution in [0.15, 0.2) is 92.8 Å². The van der Waals surface area contributed by atoms with E-state index in [2.05, 4.69) is 86.1 Å². The Hall–Kier alpha value is -4.41. The predicted octanol–water partition coefficient (Wildman–Crippen LogP) is 5.08. The fourth-order valence-corrected chi connectivity index (χ4v) is 6.57. The molecule has 0 radical (unpaired) electrons. The van der Waals surface area contributed by atoms with E-state index in [1.165, 1.54) is 11.0 Å². The molecule has 0 spiro atoms. The lowest BCUT2D eigenvalue weighted by Gasteiger charge is -2.32. The quantitative estimate of drug-likeness (QED) is 0.189. The summed E-state index contributed by atoms with van der Waals surface area (Å²) in [5.74, 6) is 3.77. The van der Waals surface area contributed by atoms with Crippen LogP contribution < -0.4 is 0 Å². The SMILES string of the molecule is Brc1cnc(CCc2ccco2)n2cnnc12.C1=C(c2cnc(CCc3ccco3)n3cnnc23)CCOC1.CC1(C)OB(C2=CCOCC2)OC1(C)C.[BH4-]. The van der Waals surface area contributed by atoms with Gasteiger partial charge in [0.15, 0.2) is 11.3 Å². The lowest BCUT2D eigenvalue weighted by molar-refractivity contribution is 0.00578. The van der Waals surface area contributed by atoms with Crippen molar-refractivity contribution < 1.29 is 27.6 Å². The largest absolute Gasteiger partial charge is 0.490 e. The fourth-order valence-electron chi connectivity index (χ4n) is 6.20. The molecular weight excluding hydrogens is 766 g/mol. The minimum atomic E-state index is -0.239. The Bertz CT molecular complexity index is 2180. The van der Waals surface area contributed by atoms with Crippen molar-refractivity contribution in [1.29, 1.82) is 0 Å². The molecule has 0 atom stereocenters. The van der Waals surface area contributed by atoms with Crippen molar-refractivity contribution in [3.63, 3.8) is 0 Å². The van der Waals surface area contributed by atoms with Crippen LogP contribution in [0.1, 0.15) is 69.3 Å². The first kappa shape index (κ1) is 40.3. The third kappa shape index (κ3) is 9.52. The molecule has 3 aliphatic rings. The van der Waals surface area contributed by atoms with Gasteiger partial charge in [0.25, 0.3) is 0 Å². The molecule has 9 rings (SSSR count). The zero-order valence-corrected chi connectivity index (χ0v) is 32.6. The van der Waals surface area contributed by atoms with Gasteiger partial charge in [-0.25, -0.2) is 9.97 Å². The number of rotatable bonds is 8. The summed E-state index contributed by atoms with van der Waals surface area (Å²) in [5, 5.41) is 16.2. The second kappa shape index (κ2) is 18.0. The van der Waals surface area contributed by atoms with Crippen molar-refractivity contribution in [1.82, 2.24) is 39.2 Å². The number of ether oxygens (including phenoxy) is 2. The minimum Gasteiger partial charge on any atom is -0.469 e. The average Bonchev–Trinajstić information content (AvgIpc) is 4.04. The number of hydrogen-bond donors (Lipinski definition) is 0. The minimum absolute atomic E-state index is 0. The summed E-state index contributed by atoms with van der Waals surface area (Å²) >= 11 is 3.40. The maximum atomic E-state index is 5.96. The molecule has 14 nitrogen and oxygen atoms in total. The van der Waals surface area contributed by atoms with Crippen LogP contribution in [-0.2, 0) is 44.5 Å². The van der Waals surface area contributed by atoms with Crippen molar-refractivity contribution in [2.24, 2.45) is 0 Å². The van der Waals surface area contributed by atoms with Crippen molar-refractivity contribution in [2.45, 2.75) is 77.4 Å². The molecule has 0 aromatic carbocycles. The summed E-state index contributed by atoms with van der Waals surface area (Å²) in [5.41, 5.74) is 4.66. The van der Waals surface area contributed by atoms with E-state index in [0.29, 0.717) is 13.2 Å². The maximum Gasteiger partial charge on any atom is 0.490 e. The Morgan fingerprint density at radius 3 is 1.84 bits per heavy atom. The molecule has 0 aliphatic carbocycles. The van der Waals surface area contributed by atoms with Crippen LogP contribution in [0.3, 0.4) is 0 Å². The molecule has 17 heteroatoms. The number of halogens is 1.